The third-order valence-corrected chi connectivity index (χ3v) is 4.88. The zero-order chi connectivity index (χ0) is 19.3. The quantitative estimate of drug-likeness (QED) is 0.862. The first-order valence-electron chi connectivity index (χ1n) is 9.71. The van der Waals surface area contributed by atoms with Gasteiger partial charge in [-0.1, -0.05) is 60.7 Å². The van der Waals surface area contributed by atoms with Gasteiger partial charge in [0, 0.05) is 19.0 Å². The number of nitrogens with zero attached hydrogens (tertiary/aromatic N) is 1. The average molecular weight is 367 g/mol. The summed E-state index contributed by atoms with van der Waals surface area (Å²) in [6.45, 7) is 8.40. The molecule has 1 aliphatic rings. The normalized spacial score (nSPS) is 20.9. The standard InChI is InChI=1S/C23H30N2O2/c1-23(2,3)27-22(26)24-21-17-25(16-18-10-6-4-7-11-18)15-14-20(21)19-12-8-5-9-13-19/h4-13,20-21H,14-17H2,1-3H3,(H,24,26). The Bertz CT molecular complexity index is 725. The van der Waals surface area contributed by atoms with Crippen LogP contribution < -0.4 is 5.32 Å². The highest BCUT2D eigenvalue weighted by Crippen LogP contribution is 2.29. The SMILES string of the molecule is CC(C)(C)OC(=O)NC1CN(Cc2ccccc2)CCC1c1ccccc1. The molecule has 1 aliphatic heterocycles. The Kier molecular flexibility index (Phi) is 6.17. The van der Waals surface area contributed by atoms with E-state index in [0.29, 0.717) is 5.92 Å². The van der Waals surface area contributed by atoms with Crippen molar-refractivity contribution in [3.8, 4) is 0 Å². The minimum Gasteiger partial charge on any atom is -0.444 e. The van der Waals surface area contributed by atoms with E-state index in [1.807, 2.05) is 32.9 Å². The second-order valence-corrected chi connectivity index (χ2v) is 8.28. The van der Waals surface area contributed by atoms with E-state index in [1.54, 1.807) is 0 Å². The summed E-state index contributed by atoms with van der Waals surface area (Å²) in [6.07, 6.45) is 0.673. The first-order chi connectivity index (χ1) is 12.9. The summed E-state index contributed by atoms with van der Waals surface area (Å²) >= 11 is 0. The molecule has 4 heteroatoms. The van der Waals surface area contributed by atoms with Crippen molar-refractivity contribution in [1.82, 2.24) is 10.2 Å². The highest BCUT2D eigenvalue weighted by Gasteiger charge is 2.32. The summed E-state index contributed by atoms with van der Waals surface area (Å²) in [7, 11) is 0. The minimum absolute atomic E-state index is 0.0275. The number of hydrogen-bond donors (Lipinski definition) is 1. The van der Waals surface area contributed by atoms with Crippen molar-refractivity contribution >= 4 is 6.09 Å². The molecule has 2 unspecified atom stereocenters. The molecule has 144 valence electrons. The summed E-state index contributed by atoms with van der Waals surface area (Å²) in [5, 5.41) is 3.14. The molecule has 3 rings (SSSR count). The summed E-state index contributed by atoms with van der Waals surface area (Å²) in [4.78, 5) is 14.8. The van der Waals surface area contributed by atoms with E-state index in [1.165, 1.54) is 11.1 Å². The predicted octanol–water partition coefficient (Wildman–Crippen LogP) is 4.57. The monoisotopic (exact) mass is 366 g/mol. The van der Waals surface area contributed by atoms with Crippen molar-refractivity contribution in [1.29, 1.82) is 0 Å². The molecule has 2 aromatic rings. The summed E-state index contributed by atoms with van der Waals surface area (Å²) < 4.78 is 5.51. The van der Waals surface area contributed by atoms with Gasteiger partial charge in [-0.15, -0.1) is 0 Å². The average Bonchev–Trinajstić information content (AvgIpc) is 2.62. The molecular weight excluding hydrogens is 336 g/mol. The van der Waals surface area contributed by atoms with Crippen molar-refractivity contribution in [2.75, 3.05) is 13.1 Å². The van der Waals surface area contributed by atoms with Crippen molar-refractivity contribution in [3.05, 3.63) is 71.8 Å². The second-order valence-electron chi connectivity index (χ2n) is 8.28. The Balaban J connectivity index is 1.72. The van der Waals surface area contributed by atoms with Crippen molar-refractivity contribution < 1.29 is 9.53 Å². The number of rotatable bonds is 4. The lowest BCUT2D eigenvalue weighted by molar-refractivity contribution is 0.0455. The second kappa shape index (κ2) is 8.57. The number of nitrogens with one attached hydrogen (secondary N) is 1. The van der Waals surface area contributed by atoms with Gasteiger partial charge >= 0.3 is 6.09 Å². The van der Waals surface area contributed by atoms with Crippen LogP contribution in [0.1, 0.15) is 44.2 Å². The first kappa shape index (κ1) is 19.4. The van der Waals surface area contributed by atoms with Crippen molar-refractivity contribution in [2.45, 2.75) is 51.3 Å². The zero-order valence-electron chi connectivity index (χ0n) is 16.5. The lowest BCUT2D eigenvalue weighted by atomic mass is 9.85. The summed E-state index contributed by atoms with van der Waals surface area (Å²) in [5.74, 6) is 0.297. The molecule has 2 atom stereocenters. The molecule has 1 amide bonds. The molecule has 0 bridgehead atoms. The van der Waals surface area contributed by atoms with Crippen LogP contribution in [0, 0.1) is 0 Å². The van der Waals surface area contributed by atoms with Crippen LogP contribution in [0.2, 0.25) is 0 Å². The Morgan fingerprint density at radius 2 is 1.70 bits per heavy atom. The van der Waals surface area contributed by atoms with Gasteiger partial charge in [0.1, 0.15) is 5.60 Å². The molecule has 4 nitrogen and oxygen atoms in total. The van der Waals surface area contributed by atoms with Gasteiger partial charge in [-0.3, -0.25) is 4.90 Å². The van der Waals surface area contributed by atoms with Crippen LogP contribution in [-0.2, 0) is 11.3 Å². The number of piperidine rings is 1. The van der Waals surface area contributed by atoms with Gasteiger partial charge in [0.05, 0.1) is 6.04 Å². The molecule has 1 heterocycles. The smallest absolute Gasteiger partial charge is 0.407 e. The van der Waals surface area contributed by atoms with E-state index < -0.39 is 5.60 Å². The van der Waals surface area contributed by atoms with Crippen LogP contribution in [0.3, 0.4) is 0 Å². The van der Waals surface area contributed by atoms with Gasteiger partial charge in [-0.05, 0) is 44.9 Å². The Morgan fingerprint density at radius 1 is 1.07 bits per heavy atom. The molecule has 2 aromatic carbocycles. The molecule has 1 saturated heterocycles. The Hall–Kier alpha value is -2.33. The largest absolute Gasteiger partial charge is 0.444 e. The fourth-order valence-electron chi connectivity index (χ4n) is 3.71. The fourth-order valence-corrected chi connectivity index (χ4v) is 3.71. The van der Waals surface area contributed by atoms with Crippen LogP contribution in [0.25, 0.3) is 0 Å². The Labute approximate surface area is 162 Å². The van der Waals surface area contributed by atoms with Gasteiger partial charge < -0.3 is 10.1 Å². The number of carbonyl (C=O) groups excluding carboxylic acids is 1. The number of alkyl carbamates (subject to hydrolysis) is 1. The third kappa shape index (κ3) is 5.83. The molecule has 1 N–H and O–H groups in total. The molecular formula is C23H30N2O2. The van der Waals surface area contributed by atoms with E-state index in [-0.39, 0.29) is 12.1 Å². The van der Waals surface area contributed by atoms with E-state index in [9.17, 15) is 4.79 Å². The fraction of sp³-hybridized carbons (Fsp3) is 0.435. The number of carbonyl (C=O) groups is 1. The van der Waals surface area contributed by atoms with Gasteiger partial charge in [0.2, 0.25) is 0 Å². The van der Waals surface area contributed by atoms with Gasteiger partial charge in [-0.25, -0.2) is 4.79 Å². The maximum atomic E-state index is 12.4. The van der Waals surface area contributed by atoms with E-state index in [0.717, 1.165) is 26.1 Å². The number of hydrogen-bond acceptors (Lipinski definition) is 3. The summed E-state index contributed by atoms with van der Waals surface area (Å²) in [5.41, 5.74) is 2.08. The maximum absolute atomic E-state index is 12.4. The molecule has 0 radical (unpaired) electrons. The first-order valence-corrected chi connectivity index (χ1v) is 9.71. The van der Waals surface area contributed by atoms with Crippen molar-refractivity contribution in [3.63, 3.8) is 0 Å². The third-order valence-electron chi connectivity index (χ3n) is 4.88. The predicted molar refractivity (Wildman–Crippen MR) is 109 cm³/mol. The number of amides is 1. The molecule has 0 spiro atoms. The van der Waals surface area contributed by atoms with Crippen LogP contribution in [-0.4, -0.2) is 35.7 Å². The summed E-state index contributed by atoms with van der Waals surface area (Å²) in [6, 6.07) is 21.0. The van der Waals surface area contributed by atoms with Gasteiger partial charge in [0.25, 0.3) is 0 Å². The highest BCUT2D eigenvalue weighted by atomic mass is 16.6. The van der Waals surface area contributed by atoms with Crippen molar-refractivity contribution in [2.24, 2.45) is 0 Å². The van der Waals surface area contributed by atoms with E-state index in [4.69, 9.17) is 4.74 Å². The molecule has 0 aromatic heterocycles. The van der Waals surface area contributed by atoms with E-state index >= 15 is 0 Å². The molecule has 0 saturated carbocycles. The van der Waals surface area contributed by atoms with Gasteiger partial charge in [0.15, 0.2) is 0 Å². The minimum atomic E-state index is -0.495. The van der Waals surface area contributed by atoms with Crippen LogP contribution in [0.4, 0.5) is 4.79 Å². The zero-order valence-corrected chi connectivity index (χ0v) is 16.5. The molecule has 0 aliphatic carbocycles. The molecule has 1 fully saturated rings. The van der Waals surface area contributed by atoms with E-state index in [2.05, 4.69) is 58.7 Å². The lowest BCUT2D eigenvalue weighted by Gasteiger charge is -2.39. The van der Waals surface area contributed by atoms with Crippen LogP contribution in [0.15, 0.2) is 60.7 Å². The van der Waals surface area contributed by atoms with Crippen LogP contribution >= 0.6 is 0 Å². The number of benzene rings is 2. The van der Waals surface area contributed by atoms with Gasteiger partial charge in [-0.2, -0.15) is 0 Å². The Morgan fingerprint density at radius 3 is 2.33 bits per heavy atom. The number of ether oxygens (including phenoxy) is 1. The number of likely N-dealkylation sites (tertiary alicyclic amines) is 1. The highest BCUT2D eigenvalue weighted by molar-refractivity contribution is 5.68. The lowest BCUT2D eigenvalue weighted by Crippen LogP contribution is -2.52. The topological polar surface area (TPSA) is 41.6 Å². The molecule has 27 heavy (non-hydrogen) atoms. The van der Waals surface area contributed by atoms with Crippen LogP contribution in [0.5, 0.6) is 0 Å². The maximum Gasteiger partial charge on any atom is 0.407 e.